The van der Waals surface area contributed by atoms with Crippen LogP contribution in [0.5, 0.6) is 0 Å². The molecule has 2 fully saturated rings. The maximum atomic E-state index is 10.7. The van der Waals surface area contributed by atoms with E-state index in [2.05, 4.69) is 0 Å². The van der Waals surface area contributed by atoms with E-state index in [0.717, 1.165) is 38.6 Å². The summed E-state index contributed by atoms with van der Waals surface area (Å²) in [6.07, 6.45) is 9.72. The summed E-state index contributed by atoms with van der Waals surface area (Å²) < 4.78 is 5.63. The van der Waals surface area contributed by atoms with E-state index in [0.29, 0.717) is 6.10 Å². The van der Waals surface area contributed by atoms with Gasteiger partial charge in [0, 0.05) is 12.0 Å². The monoisotopic (exact) mass is 182 g/mol. The number of carbonyl (C=O) groups is 1. The third-order valence-corrected chi connectivity index (χ3v) is 3.38. The molecule has 2 nitrogen and oxygen atoms in total. The summed E-state index contributed by atoms with van der Waals surface area (Å²) in [5.74, 6) is 0. The molecule has 1 aliphatic carbocycles. The fraction of sp³-hybridized carbons (Fsp3) is 0.909. The number of rotatable bonds is 4. The summed E-state index contributed by atoms with van der Waals surface area (Å²) in [6, 6.07) is 0. The second-order valence-electron chi connectivity index (χ2n) is 4.51. The SMILES string of the molecule is O=CC1(CCC2CCCCO2)CC1. The third kappa shape index (κ3) is 2.31. The van der Waals surface area contributed by atoms with Crippen LogP contribution in [-0.2, 0) is 9.53 Å². The molecule has 2 aliphatic rings. The molecule has 0 aromatic carbocycles. The van der Waals surface area contributed by atoms with E-state index in [-0.39, 0.29) is 5.41 Å². The van der Waals surface area contributed by atoms with E-state index in [4.69, 9.17) is 4.74 Å². The minimum Gasteiger partial charge on any atom is -0.378 e. The third-order valence-electron chi connectivity index (χ3n) is 3.38. The van der Waals surface area contributed by atoms with Gasteiger partial charge in [0.2, 0.25) is 0 Å². The highest BCUT2D eigenvalue weighted by atomic mass is 16.5. The van der Waals surface area contributed by atoms with Crippen LogP contribution in [0.2, 0.25) is 0 Å². The van der Waals surface area contributed by atoms with Gasteiger partial charge in [0.15, 0.2) is 0 Å². The lowest BCUT2D eigenvalue weighted by atomic mass is 9.96. The summed E-state index contributed by atoms with van der Waals surface area (Å²) in [5, 5.41) is 0. The molecular formula is C11H18O2. The Kier molecular flexibility index (Phi) is 2.68. The summed E-state index contributed by atoms with van der Waals surface area (Å²) >= 11 is 0. The van der Waals surface area contributed by atoms with Crippen LogP contribution in [0.3, 0.4) is 0 Å². The number of carbonyl (C=O) groups excluding carboxylic acids is 1. The second kappa shape index (κ2) is 3.79. The molecule has 0 radical (unpaired) electrons. The van der Waals surface area contributed by atoms with Gasteiger partial charge in [-0.25, -0.2) is 0 Å². The minimum atomic E-state index is 0.0841. The van der Waals surface area contributed by atoms with Crippen molar-refractivity contribution in [2.75, 3.05) is 6.61 Å². The first kappa shape index (κ1) is 9.20. The van der Waals surface area contributed by atoms with Crippen molar-refractivity contribution in [1.82, 2.24) is 0 Å². The van der Waals surface area contributed by atoms with Crippen molar-refractivity contribution in [1.29, 1.82) is 0 Å². The van der Waals surface area contributed by atoms with Crippen molar-refractivity contribution in [3.05, 3.63) is 0 Å². The molecule has 0 spiro atoms. The van der Waals surface area contributed by atoms with Crippen LogP contribution in [0, 0.1) is 5.41 Å². The Labute approximate surface area is 79.7 Å². The molecule has 1 saturated carbocycles. The van der Waals surface area contributed by atoms with E-state index < -0.39 is 0 Å². The highest BCUT2D eigenvalue weighted by Crippen LogP contribution is 2.48. The molecule has 1 atom stereocenters. The Morgan fingerprint density at radius 2 is 2.23 bits per heavy atom. The van der Waals surface area contributed by atoms with Crippen molar-refractivity contribution in [3.8, 4) is 0 Å². The first-order chi connectivity index (χ1) is 6.35. The largest absolute Gasteiger partial charge is 0.378 e. The molecule has 2 heteroatoms. The molecule has 0 aromatic heterocycles. The van der Waals surface area contributed by atoms with Gasteiger partial charge < -0.3 is 9.53 Å². The van der Waals surface area contributed by atoms with Gasteiger partial charge in [-0.15, -0.1) is 0 Å². The van der Waals surface area contributed by atoms with Gasteiger partial charge >= 0.3 is 0 Å². The van der Waals surface area contributed by atoms with E-state index >= 15 is 0 Å². The Hall–Kier alpha value is -0.370. The number of ether oxygens (including phenoxy) is 1. The van der Waals surface area contributed by atoms with Crippen LogP contribution < -0.4 is 0 Å². The number of hydrogen-bond donors (Lipinski definition) is 0. The molecule has 74 valence electrons. The summed E-state index contributed by atoms with van der Waals surface area (Å²) in [6.45, 7) is 0.929. The summed E-state index contributed by atoms with van der Waals surface area (Å²) in [4.78, 5) is 10.7. The summed E-state index contributed by atoms with van der Waals surface area (Å²) in [5.41, 5.74) is 0.0841. The molecule has 2 rings (SSSR count). The second-order valence-corrected chi connectivity index (χ2v) is 4.51. The topological polar surface area (TPSA) is 26.3 Å². The average Bonchev–Trinajstić information content (AvgIpc) is 2.97. The Morgan fingerprint density at radius 3 is 2.77 bits per heavy atom. The van der Waals surface area contributed by atoms with E-state index in [1.165, 1.54) is 19.3 Å². The molecule has 0 amide bonds. The summed E-state index contributed by atoms with van der Waals surface area (Å²) in [7, 11) is 0. The lowest BCUT2D eigenvalue weighted by Crippen LogP contribution is -2.20. The highest BCUT2D eigenvalue weighted by molar-refractivity contribution is 5.63. The van der Waals surface area contributed by atoms with Crippen LogP contribution in [0.1, 0.15) is 44.9 Å². The Bertz CT molecular complexity index is 179. The maximum absolute atomic E-state index is 10.7. The zero-order valence-corrected chi connectivity index (χ0v) is 8.13. The smallest absolute Gasteiger partial charge is 0.126 e. The van der Waals surface area contributed by atoms with Gasteiger partial charge in [-0.05, 0) is 44.9 Å². The Morgan fingerprint density at radius 1 is 1.38 bits per heavy atom. The molecule has 1 unspecified atom stereocenters. The van der Waals surface area contributed by atoms with Crippen molar-refractivity contribution in [3.63, 3.8) is 0 Å². The van der Waals surface area contributed by atoms with Gasteiger partial charge in [0.1, 0.15) is 6.29 Å². The quantitative estimate of drug-likeness (QED) is 0.624. The minimum absolute atomic E-state index is 0.0841. The molecule has 1 heterocycles. The molecular weight excluding hydrogens is 164 g/mol. The molecule has 1 aliphatic heterocycles. The van der Waals surface area contributed by atoms with Crippen LogP contribution >= 0.6 is 0 Å². The fourth-order valence-electron chi connectivity index (χ4n) is 2.07. The zero-order valence-electron chi connectivity index (χ0n) is 8.13. The van der Waals surface area contributed by atoms with Crippen LogP contribution in [0.25, 0.3) is 0 Å². The first-order valence-electron chi connectivity index (χ1n) is 5.43. The Balaban J connectivity index is 1.69. The van der Waals surface area contributed by atoms with E-state index in [1.807, 2.05) is 0 Å². The lowest BCUT2D eigenvalue weighted by molar-refractivity contribution is -0.112. The standard InChI is InChI=1S/C11H18O2/c12-9-11(6-7-11)5-4-10-3-1-2-8-13-10/h9-10H,1-8H2. The number of aldehydes is 1. The van der Waals surface area contributed by atoms with Crippen molar-refractivity contribution in [2.24, 2.45) is 5.41 Å². The molecule has 13 heavy (non-hydrogen) atoms. The number of hydrogen-bond acceptors (Lipinski definition) is 2. The van der Waals surface area contributed by atoms with Gasteiger partial charge in [-0.1, -0.05) is 0 Å². The van der Waals surface area contributed by atoms with Crippen LogP contribution in [0.4, 0.5) is 0 Å². The maximum Gasteiger partial charge on any atom is 0.126 e. The van der Waals surface area contributed by atoms with Crippen molar-refractivity contribution in [2.45, 2.75) is 51.0 Å². The highest BCUT2D eigenvalue weighted by Gasteiger charge is 2.42. The van der Waals surface area contributed by atoms with Gasteiger partial charge in [0.05, 0.1) is 6.10 Å². The normalized spacial score (nSPS) is 31.2. The molecule has 0 bridgehead atoms. The predicted molar refractivity (Wildman–Crippen MR) is 50.6 cm³/mol. The van der Waals surface area contributed by atoms with Gasteiger partial charge in [0.25, 0.3) is 0 Å². The van der Waals surface area contributed by atoms with Crippen molar-refractivity contribution >= 4 is 6.29 Å². The molecule has 0 aromatic rings. The van der Waals surface area contributed by atoms with Gasteiger partial charge in [-0.2, -0.15) is 0 Å². The van der Waals surface area contributed by atoms with Crippen LogP contribution in [-0.4, -0.2) is 19.0 Å². The molecule has 1 saturated heterocycles. The molecule has 0 N–H and O–H groups in total. The van der Waals surface area contributed by atoms with E-state index in [9.17, 15) is 4.79 Å². The van der Waals surface area contributed by atoms with Crippen molar-refractivity contribution < 1.29 is 9.53 Å². The van der Waals surface area contributed by atoms with Crippen LogP contribution in [0.15, 0.2) is 0 Å². The van der Waals surface area contributed by atoms with E-state index in [1.54, 1.807) is 0 Å². The average molecular weight is 182 g/mol. The fourth-order valence-corrected chi connectivity index (χ4v) is 2.07. The zero-order chi connectivity index (χ0) is 9.15. The first-order valence-corrected chi connectivity index (χ1v) is 5.43. The lowest BCUT2D eigenvalue weighted by Gasteiger charge is -2.23. The predicted octanol–water partition coefficient (Wildman–Crippen LogP) is 2.31. The van der Waals surface area contributed by atoms with Gasteiger partial charge in [-0.3, -0.25) is 0 Å².